The molecule has 1 aromatic rings. The molecule has 1 heterocycles. The van der Waals surface area contributed by atoms with Crippen LogP contribution < -0.4 is 5.73 Å². The molecular weight excluding hydrogens is 264 g/mol. The van der Waals surface area contributed by atoms with Crippen LogP contribution in [-0.2, 0) is 6.42 Å². The second-order valence-electron chi connectivity index (χ2n) is 5.36. The quantitative estimate of drug-likeness (QED) is 0.860. The number of hydrogen-bond donors (Lipinski definition) is 1. The molecule has 90 valence electrons. The second-order valence-corrected chi connectivity index (χ2v) is 6.47. The van der Waals surface area contributed by atoms with Gasteiger partial charge in [0.1, 0.15) is 5.82 Å². The molecule has 0 aromatic carbocycles. The molecule has 1 rings (SSSR count). The standard InChI is InChI=1S/C13H21BrN2/c1-9-7-8-16-12(15)10(9)5-6-11(14)13(2,3)4/h7-8,11H,5-6H2,1-4H3,(H2,15,16). The number of alkyl halides is 1. The number of nitrogen functional groups attached to an aromatic ring is 1. The van der Waals surface area contributed by atoms with E-state index in [4.69, 9.17) is 5.73 Å². The summed E-state index contributed by atoms with van der Waals surface area (Å²) in [5, 5.41) is 0. The average Bonchev–Trinajstić information content (AvgIpc) is 2.15. The first-order valence-corrected chi connectivity index (χ1v) is 6.58. The molecule has 0 saturated heterocycles. The van der Waals surface area contributed by atoms with E-state index in [1.807, 2.05) is 6.07 Å². The Morgan fingerprint density at radius 1 is 1.44 bits per heavy atom. The molecule has 0 bridgehead atoms. The van der Waals surface area contributed by atoms with Crippen LogP contribution in [-0.4, -0.2) is 9.81 Å². The minimum atomic E-state index is 0.283. The van der Waals surface area contributed by atoms with E-state index in [1.165, 1.54) is 11.1 Å². The molecule has 0 aliphatic heterocycles. The molecule has 0 fully saturated rings. The topological polar surface area (TPSA) is 38.9 Å². The van der Waals surface area contributed by atoms with Crippen molar-refractivity contribution in [3.05, 3.63) is 23.4 Å². The largest absolute Gasteiger partial charge is 0.383 e. The van der Waals surface area contributed by atoms with E-state index in [1.54, 1.807) is 6.20 Å². The van der Waals surface area contributed by atoms with E-state index in [0.717, 1.165) is 12.8 Å². The van der Waals surface area contributed by atoms with Crippen LogP contribution in [0.1, 0.15) is 38.3 Å². The number of anilines is 1. The van der Waals surface area contributed by atoms with Crippen molar-refractivity contribution in [3.8, 4) is 0 Å². The number of nitrogens with zero attached hydrogens (tertiary/aromatic N) is 1. The van der Waals surface area contributed by atoms with Gasteiger partial charge >= 0.3 is 0 Å². The van der Waals surface area contributed by atoms with Crippen LogP contribution in [0.25, 0.3) is 0 Å². The number of aromatic nitrogens is 1. The van der Waals surface area contributed by atoms with Crippen LogP contribution >= 0.6 is 15.9 Å². The van der Waals surface area contributed by atoms with E-state index in [9.17, 15) is 0 Å². The number of hydrogen-bond acceptors (Lipinski definition) is 2. The first kappa shape index (κ1) is 13.5. The van der Waals surface area contributed by atoms with Crippen molar-refractivity contribution in [3.63, 3.8) is 0 Å². The molecule has 0 spiro atoms. The van der Waals surface area contributed by atoms with Crippen molar-refractivity contribution in [2.24, 2.45) is 5.41 Å². The van der Waals surface area contributed by atoms with Gasteiger partial charge in [0.15, 0.2) is 0 Å². The van der Waals surface area contributed by atoms with Crippen LogP contribution in [0.5, 0.6) is 0 Å². The average molecular weight is 285 g/mol. The van der Waals surface area contributed by atoms with Crippen molar-refractivity contribution in [1.29, 1.82) is 0 Å². The summed E-state index contributed by atoms with van der Waals surface area (Å²) in [7, 11) is 0. The predicted molar refractivity (Wildman–Crippen MR) is 73.9 cm³/mol. The summed E-state index contributed by atoms with van der Waals surface area (Å²) in [6.07, 6.45) is 3.84. The third-order valence-electron chi connectivity index (χ3n) is 2.91. The van der Waals surface area contributed by atoms with Crippen LogP contribution in [0.15, 0.2) is 12.3 Å². The molecule has 3 heteroatoms. The fraction of sp³-hybridized carbons (Fsp3) is 0.615. The highest BCUT2D eigenvalue weighted by Crippen LogP contribution is 2.30. The fourth-order valence-electron chi connectivity index (χ4n) is 1.64. The lowest BCUT2D eigenvalue weighted by Gasteiger charge is -2.25. The smallest absolute Gasteiger partial charge is 0.126 e. The molecule has 0 aliphatic rings. The van der Waals surface area contributed by atoms with E-state index in [2.05, 4.69) is 48.6 Å². The van der Waals surface area contributed by atoms with E-state index >= 15 is 0 Å². The highest BCUT2D eigenvalue weighted by atomic mass is 79.9. The summed E-state index contributed by atoms with van der Waals surface area (Å²) < 4.78 is 0. The van der Waals surface area contributed by atoms with Gasteiger partial charge in [-0.2, -0.15) is 0 Å². The van der Waals surface area contributed by atoms with Gasteiger partial charge in [-0.3, -0.25) is 0 Å². The summed E-state index contributed by atoms with van der Waals surface area (Å²) >= 11 is 3.74. The van der Waals surface area contributed by atoms with Gasteiger partial charge in [0.25, 0.3) is 0 Å². The van der Waals surface area contributed by atoms with Gasteiger partial charge in [0, 0.05) is 11.0 Å². The molecule has 0 aliphatic carbocycles. The van der Waals surface area contributed by atoms with Crippen LogP contribution in [0.3, 0.4) is 0 Å². The molecule has 0 radical (unpaired) electrons. The van der Waals surface area contributed by atoms with Gasteiger partial charge in [-0.15, -0.1) is 0 Å². The Balaban J connectivity index is 2.69. The lowest BCUT2D eigenvalue weighted by molar-refractivity contribution is 0.385. The molecule has 1 unspecified atom stereocenters. The third kappa shape index (κ3) is 3.48. The number of halogens is 1. The predicted octanol–water partition coefficient (Wildman–Crippen LogP) is 3.71. The molecule has 2 N–H and O–H groups in total. The molecule has 0 amide bonds. The molecule has 16 heavy (non-hydrogen) atoms. The van der Waals surface area contributed by atoms with Crippen molar-refractivity contribution in [2.45, 2.75) is 45.4 Å². The van der Waals surface area contributed by atoms with E-state index in [0.29, 0.717) is 10.6 Å². The van der Waals surface area contributed by atoms with Crippen molar-refractivity contribution in [1.82, 2.24) is 4.98 Å². The first-order valence-electron chi connectivity index (χ1n) is 5.66. The first-order chi connectivity index (χ1) is 7.32. The Bertz CT molecular complexity index is 335. The van der Waals surface area contributed by atoms with Crippen LogP contribution in [0.2, 0.25) is 0 Å². The van der Waals surface area contributed by atoms with Crippen molar-refractivity contribution >= 4 is 21.7 Å². The summed E-state index contributed by atoms with van der Waals surface area (Å²) in [6, 6.07) is 2.02. The zero-order valence-corrected chi connectivity index (χ0v) is 12.1. The van der Waals surface area contributed by atoms with Crippen LogP contribution in [0.4, 0.5) is 5.82 Å². The SMILES string of the molecule is Cc1ccnc(N)c1CCC(Br)C(C)(C)C. The summed E-state index contributed by atoms with van der Waals surface area (Å²) in [6.45, 7) is 8.82. The Hall–Kier alpha value is -0.570. The zero-order valence-electron chi connectivity index (χ0n) is 10.5. The zero-order chi connectivity index (χ0) is 12.3. The van der Waals surface area contributed by atoms with E-state index < -0.39 is 0 Å². The number of rotatable bonds is 3. The maximum absolute atomic E-state index is 5.89. The number of nitrogens with two attached hydrogens (primary N) is 1. The normalized spacial score (nSPS) is 13.8. The Morgan fingerprint density at radius 3 is 2.56 bits per heavy atom. The van der Waals surface area contributed by atoms with Gasteiger partial charge in [0.05, 0.1) is 0 Å². The summed E-state index contributed by atoms with van der Waals surface area (Å²) in [4.78, 5) is 4.64. The van der Waals surface area contributed by atoms with Gasteiger partial charge in [-0.1, -0.05) is 36.7 Å². The lowest BCUT2D eigenvalue weighted by Crippen LogP contribution is -2.21. The number of pyridine rings is 1. The van der Waals surface area contributed by atoms with Gasteiger partial charge < -0.3 is 5.73 Å². The molecule has 2 nitrogen and oxygen atoms in total. The molecule has 1 atom stereocenters. The maximum atomic E-state index is 5.89. The van der Waals surface area contributed by atoms with Crippen molar-refractivity contribution < 1.29 is 0 Å². The van der Waals surface area contributed by atoms with Crippen LogP contribution in [0, 0.1) is 12.3 Å². The molecule has 0 saturated carbocycles. The lowest BCUT2D eigenvalue weighted by atomic mass is 9.88. The maximum Gasteiger partial charge on any atom is 0.126 e. The monoisotopic (exact) mass is 284 g/mol. The Morgan fingerprint density at radius 2 is 2.06 bits per heavy atom. The minimum Gasteiger partial charge on any atom is -0.383 e. The minimum absolute atomic E-state index is 0.283. The second kappa shape index (κ2) is 5.17. The molecule has 1 aromatic heterocycles. The highest BCUT2D eigenvalue weighted by Gasteiger charge is 2.21. The van der Waals surface area contributed by atoms with E-state index in [-0.39, 0.29) is 5.41 Å². The summed E-state index contributed by atoms with van der Waals surface area (Å²) in [5.74, 6) is 0.675. The summed E-state index contributed by atoms with van der Waals surface area (Å²) in [5.41, 5.74) is 8.60. The van der Waals surface area contributed by atoms with Gasteiger partial charge in [-0.05, 0) is 42.4 Å². The third-order valence-corrected chi connectivity index (χ3v) is 4.74. The fourth-order valence-corrected chi connectivity index (χ4v) is 1.87. The van der Waals surface area contributed by atoms with Gasteiger partial charge in [0.2, 0.25) is 0 Å². The van der Waals surface area contributed by atoms with Gasteiger partial charge in [-0.25, -0.2) is 4.98 Å². The Labute approximate surface area is 107 Å². The Kier molecular flexibility index (Phi) is 4.36. The van der Waals surface area contributed by atoms with Crippen molar-refractivity contribution in [2.75, 3.05) is 5.73 Å². The number of aryl methyl sites for hydroxylation is 1. The molecular formula is C13H21BrN2. The highest BCUT2D eigenvalue weighted by molar-refractivity contribution is 9.09.